The molecule has 7 nitrogen and oxygen atoms in total. The second-order valence-corrected chi connectivity index (χ2v) is 5.22. The van der Waals surface area contributed by atoms with Crippen LogP contribution in [0.5, 0.6) is 0 Å². The number of rotatable bonds is 9. The number of likely N-dealkylation sites (tertiary alicyclic amines) is 1. The molecular weight excluding hydrogens is 276 g/mol. The number of unbranched alkanes of at least 4 members (excludes halogenated alkanes) is 2. The minimum absolute atomic E-state index is 0.0303. The molecule has 1 aliphatic rings. The summed E-state index contributed by atoms with van der Waals surface area (Å²) in [5.74, 6) is -0.773. The van der Waals surface area contributed by atoms with Gasteiger partial charge in [-0.1, -0.05) is 6.42 Å². The van der Waals surface area contributed by atoms with Crippen molar-refractivity contribution in [2.45, 2.75) is 44.6 Å². The van der Waals surface area contributed by atoms with E-state index >= 15 is 0 Å². The van der Waals surface area contributed by atoms with Crippen molar-refractivity contribution in [3.05, 3.63) is 0 Å². The molecular formula is C14H26N2O5. The van der Waals surface area contributed by atoms with E-state index in [1.807, 2.05) is 0 Å². The fourth-order valence-corrected chi connectivity index (χ4v) is 2.33. The van der Waals surface area contributed by atoms with Crippen molar-refractivity contribution < 1.29 is 24.5 Å². The fraction of sp³-hybridized carbons (Fsp3) is 0.857. The highest BCUT2D eigenvalue weighted by Crippen LogP contribution is 2.13. The van der Waals surface area contributed by atoms with Gasteiger partial charge in [-0.05, 0) is 25.7 Å². The molecule has 0 aromatic carbocycles. The van der Waals surface area contributed by atoms with Crippen molar-refractivity contribution in [2.24, 2.45) is 0 Å². The predicted octanol–water partition coefficient (Wildman–Crippen LogP) is 0.814. The van der Waals surface area contributed by atoms with Gasteiger partial charge in [-0.15, -0.1) is 0 Å². The normalized spacial score (nSPS) is 16.0. The number of urea groups is 1. The lowest BCUT2D eigenvalue weighted by atomic mass is 10.1. The van der Waals surface area contributed by atoms with E-state index in [0.29, 0.717) is 32.7 Å². The van der Waals surface area contributed by atoms with Gasteiger partial charge in [-0.2, -0.15) is 0 Å². The Balaban J connectivity index is 2.04. The zero-order valence-corrected chi connectivity index (χ0v) is 12.4. The number of aliphatic carboxylic acids is 1. The van der Waals surface area contributed by atoms with Crippen LogP contribution in [0.15, 0.2) is 0 Å². The zero-order valence-electron chi connectivity index (χ0n) is 12.4. The second kappa shape index (κ2) is 10.4. The van der Waals surface area contributed by atoms with E-state index in [0.717, 1.165) is 25.7 Å². The summed E-state index contributed by atoms with van der Waals surface area (Å²) in [5.41, 5.74) is 0. The molecule has 21 heavy (non-hydrogen) atoms. The summed E-state index contributed by atoms with van der Waals surface area (Å²) in [5, 5.41) is 20.1. The van der Waals surface area contributed by atoms with Crippen LogP contribution in [0.2, 0.25) is 0 Å². The highest BCUT2D eigenvalue weighted by atomic mass is 16.5. The lowest BCUT2D eigenvalue weighted by molar-refractivity contribution is -0.137. The number of ether oxygens (including phenoxy) is 1. The second-order valence-electron chi connectivity index (χ2n) is 5.22. The van der Waals surface area contributed by atoms with E-state index < -0.39 is 5.97 Å². The number of amides is 2. The first-order valence-electron chi connectivity index (χ1n) is 7.60. The summed E-state index contributed by atoms with van der Waals surface area (Å²) in [7, 11) is 0. The number of carboxylic acids is 1. The molecule has 1 heterocycles. The molecule has 1 fully saturated rings. The standard InChI is InChI=1S/C14H26N2O5/c17-10-11-21-12-5-8-16(9-6-12)14(20)15-7-3-1-2-4-13(18)19/h12,17H,1-11H2,(H,15,20)(H,18,19). The van der Waals surface area contributed by atoms with Crippen LogP contribution in [0.1, 0.15) is 38.5 Å². The quantitative estimate of drug-likeness (QED) is 0.548. The number of aliphatic hydroxyl groups is 1. The maximum absolute atomic E-state index is 11.9. The maximum Gasteiger partial charge on any atom is 0.317 e. The number of hydrogen-bond donors (Lipinski definition) is 3. The van der Waals surface area contributed by atoms with E-state index in [2.05, 4.69) is 5.32 Å². The molecule has 0 spiro atoms. The first kappa shape index (κ1) is 17.7. The molecule has 1 aliphatic heterocycles. The van der Waals surface area contributed by atoms with Crippen LogP contribution in [0.25, 0.3) is 0 Å². The third-order valence-electron chi connectivity index (χ3n) is 3.52. The van der Waals surface area contributed by atoms with E-state index in [-0.39, 0.29) is 25.2 Å². The highest BCUT2D eigenvalue weighted by Gasteiger charge is 2.22. The summed E-state index contributed by atoms with van der Waals surface area (Å²) >= 11 is 0. The Morgan fingerprint density at radius 1 is 1.19 bits per heavy atom. The molecule has 0 bridgehead atoms. The van der Waals surface area contributed by atoms with E-state index in [1.165, 1.54) is 0 Å². The first-order chi connectivity index (χ1) is 10.1. The van der Waals surface area contributed by atoms with Crippen LogP contribution in [-0.2, 0) is 9.53 Å². The lowest BCUT2D eigenvalue weighted by Crippen LogP contribution is -2.46. The molecule has 3 N–H and O–H groups in total. The van der Waals surface area contributed by atoms with Crippen molar-refractivity contribution >= 4 is 12.0 Å². The Morgan fingerprint density at radius 2 is 1.90 bits per heavy atom. The van der Waals surface area contributed by atoms with Gasteiger partial charge in [0.15, 0.2) is 0 Å². The van der Waals surface area contributed by atoms with Gasteiger partial charge in [-0.3, -0.25) is 4.79 Å². The molecule has 0 aliphatic carbocycles. The predicted molar refractivity (Wildman–Crippen MR) is 77.1 cm³/mol. The SMILES string of the molecule is O=C(O)CCCCCNC(=O)N1CCC(OCCO)CC1. The monoisotopic (exact) mass is 302 g/mol. The first-order valence-corrected chi connectivity index (χ1v) is 7.60. The number of carbonyl (C=O) groups excluding carboxylic acids is 1. The van der Waals surface area contributed by atoms with Crippen molar-refractivity contribution in [3.8, 4) is 0 Å². The van der Waals surface area contributed by atoms with Crippen molar-refractivity contribution in [2.75, 3.05) is 32.8 Å². The number of carbonyl (C=O) groups is 2. The Kier molecular flexibility index (Phi) is 8.77. The van der Waals surface area contributed by atoms with Gasteiger partial charge in [0.2, 0.25) is 0 Å². The zero-order chi connectivity index (χ0) is 15.5. The molecule has 122 valence electrons. The maximum atomic E-state index is 11.9. The topological polar surface area (TPSA) is 99.1 Å². The molecule has 0 unspecified atom stereocenters. The third-order valence-corrected chi connectivity index (χ3v) is 3.52. The van der Waals surface area contributed by atoms with Crippen LogP contribution in [0.4, 0.5) is 4.79 Å². The summed E-state index contributed by atoms with van der Waals surface area (Å²) in [4.78, 5) is 24.0. The minimum Gasteiger partial charge on any atom is -0.481 e. The van der Waals surface area contributed by atoms with Crippen LogP contribution < -0.4 is 5.32 Å². The summed E-state index contributed by atoms with van der Waals surface area (Å²) in [6.07, 6.45) is 4.18. The van der Waals surface area contributed by atoms with Crippen molar-refractivity contribution in [3.63, 3.8) is 0 Å². The van der Waals surface area contributed by atoms with Gasteiger partial charge >= 0.3 is 12.0 Å². The summed E-state index contributed by atoms with van der Waals surface area (Å²) in [6.45, 7) is 2.30. The fourth-order valence-electron chi connectivity index (χ4n) is 2.33. The Labute approximate surface area is 125 Å². The van der Waals surface area contributed by atoms with E-state index in [4.69, 9.17) is 14.9 Å². The molecule has 0 aromatic heterocycles. The number of piperidine rings is 1. The molecule has 0 saturated carbocycles. The smallest absolute Gasteiger partial charge is 0.317 e. The van der Waals surface area contributed by atoms with Crippen molar-refractivity contribution in [1.29, 1.82) is 0 Å². The van der Waals surface area contributed by atoms with Gasteiger partial charge in [0, 0.05) is 26.1 Å². The minimum atomic E-state index is -0.773. The molecule has 1 rings (SSSR count). The highest BCUT2D eigenvalue weighted by molar-refractivity contribution is 5.74. The van der Waals surface area contributed by atoms with Crippen LogP contribution in [0, 0.1) is 0 Å². The van der Waals surface area contributed by atoms with E-state index in [1.54, 1.807) is 4.90 Å². The van der Waals surface area contributed by atoms with Gasteiger partial charge in [0.05, 0.1) is 19.3 Å². The number of hydrogen-bond acceptors (Lipinski definition) is 4. The van der Waals surface area contributed by atoms with Gasteiger partial charge in [0.1, 0.15) is 0 Å². The van der Waals surface area contributed by atoms with Crippen LogP contribution in [0.3, 0.4) is 0 Å². The van der Waals surface area contributed by atoms with Crippen LogP contribution in [-0.4, -0.2) is 66.1 Å². The average Bonchev–Trinajstić information content (AvgIpc) is 2.48. The molecule has 2 amide bonds. The van der Waals surface area contributed by atoms with Gasteiger partial charge in [0.25, 0.3) is 0 Å². The average molecular weight is 302 g/mol. The molecule has 0 aromatic rings. The van der Waals surface area contributed by atoms with Gasteiger partial charge in [-0.25, -0.2) is 4.79 Å². The van der Waals surface area contributed by atoms with Crippen molar-refractivity contribution in [1.82, 2.24) is 10.2 Å². The number of nitrogens with one attached hydrogen (secondary N) is 1. The van der Waals surface area contributed by atoms with Gasteiger partial charge < -0.3 is 25.2 Å². The largest absolute Gasteiger partial charge is 0.481 e. The summed E-state index contributed by atoms with van der Waals surface area (Å²) in [6, 6.07) is -0.0613. The molecule has 0 atom stereocenters. The molecule has 0 radical (unpaired) electrons. The molecule has 7 heteroatoms. The third kappa shape index (κ3) is 7.87. The Bertz CT molecular complexity index is 316. The van der Waals surface area contributed by atoms with E-state index in [9.17, 15) is 9.59 Å². The summed E-state index contributed by atoms with van der Waals surface area (Å²) < 4.78 is 5.45. The Morgan fingerprint density at radius 3 is 2.52 bits per heavy atom. The number of aliphatic hydroxyl groups excluding tert-OH is 1. The Hall–Kier alpha value is -1.34. The number of nitrogens with zero attached hydrogens (tertiary/aromatic N) is 1. The van der Waals surface area contributed by atoms with Crippen LogP contribution >= 0.6 is 0 Å². The number of carboxylic acid groups (broad SMARTS) is 1. The molecule has 1 saturated heterocycles. The lowest BCUT2D eigenvalue weighted by Gasteiger charge is -2.31.